The standard InChI is InChI=1S/C22H26N6S.CH4/c1-13-9-16(18-10-14(2)21-24-15(3)12-28(21)26-18)11-19-20(13)25-22(29-19)27(4)17-5-7-23-8-6-17;/h9-12,17,23H,5-8H2,1-4H3;1H4. The Bertz CT molecular complexity index is 1200. The van der Waals surface area contributed by atoms with E-state index >= 15 is 0 Å². The van der Waals surface area contributed by atoms with Gasteiger partial charge < -0.3 is 10.2 Å². The zero-order valence-corrected chi connectivity index (χ0v) is 18.2. The maximum absolute atomic E-state index is 4.98. The van der Waals surface area contributed by atoms with Crippen molar-refractivity contribution in [2.45, 2.75) is 47.1 Å². The Labute approximate surface area is 182 Å². The number of aryl methyl sites for hydroxylation is 3. The molecule has 4 aromatic rings. The van der Waals surface area contributed by atoms with Gasteiger partial charge in [0.1, 0.15) is 0 Å². The number of rotatable bonds is 3. The van der Waals surface area contributed by atoms with Gasteiger partial charge in [-0.3, -0.25) is 0 Å². The molecule has 4 heterocycles. The molecule has 0 amide bonds. The van der Waals surface area contributed by atoms with E-state index in [9.17, 15) is 0 Å². The first-order chi connectivity index (χ1) is 14.0. The second kappa shape index (κ2) is 7.96. The van der Waals surface area contributed by atoms with Crippen LogP contribution >= 0.6 is 11.3 Å². The Kier molecular flexibility index (Phi) is 5.51. The number of nitrogens with one attached hydrogen (secondary N) is 1. The molecule has 30 heavy (non-hydrogen) atoms. The van der Waals surface area contributed by atoms with E-state index in [2.05, 4.69) is 54.3 Å². The molecule has 1 aromatic carbocycles. The number of aromatic nitrogens is 4. The van der Waals surface area contributed by atoms with Gasteiger partial charge >= 0.3 is 0 Å². The molecule has 0 aliphatic carbocycles. The number of piperidine rings is 1. The molecular formula is C23H30N6S. The Morgan fingerprint density at radius 2 is 1.83 bits per heavy atom. The summed E-state index contributed by atoms with van der Waals surface area (Å²) >= 11 is 1.78. The van der Waals surface area contributed by atoms with Crippen LogP contribution < -0.4 is 10.2 Å². The minimum Gasteiger partial charge on any atom is -0.348 e. The summed E-state index contributed by atoms with van der Waals surface area (Å²) in [5.41, 5.74) is 7.44. The van der Waals surface area contributed by atoms with E-state index in [1.807, 2.05) is 17.6 Å². The quantitative estimate of drug-likeness (QED) is 0.516. The molecule has 1 fully saturated rings. The van der Waals surface area contributed by atoms with E-state index in [0.717, 1.165) is 51.9 Å². The Morgan fingerprint density at radius 1 is 1.07 bits per heavy atom. The van der Waals surface area contributed by atoms with Crippen molar-refractivity contribution in [1.29, 1.82) is 0 Å². The van der Waals surface area contributed by atoms with E-state index in [0.29, 0.717) is 6.04 Å². The molecule has 0 unspecified atom stereocenters. The van der Waals surface area contributed by atoms with Gasteiger partial charge in [-0.15, -0.1) is 0 Å². The van der Waals surface area contributed by atoms with E-state index in [4.69, 9.17) is 10.1 Å². The molecule has 1 aliphatic rings. The zero-order chi connectivity index (χ0) is 20.1. The average Bonchev–Trinajstić information content (AvgIpc) is 3.31. The van der Waals surface area contributed by atoms with Crippen molar-refractivity contribution < 1.29 is 0 Å². The SMILES string of the molecule is C.Cc1cn2nc(-c3cc(C)c4nc(N(C)C5CCNCC5)sc4c3)cc(C)c2n1. The summed E-state index contributed by atoms with van der Waals surface area (Å²) in [6.07, 6.45) is 4.32. The highest BCUT2D eigenvalue weighted by atomic mass is 32.1. The van der Waals surface area contributed by atoms with Crippen molar-refractivity contribution >= 4 is 32.3 Å². The van der Waals surface area contributed by atoms with Crippen LogP contribution in [0.1, 0.15) is 37.1 Å². The Hall–Kier alpha value is -2.51. The maximum atomic E-state index is 4.98. The first-order valence-electron chi connectivity index (χ1n) is 10.2. The number of nitrogens with zero attached hydrogens (tertiary/aromatic N) is 5. The highest BCUT2D eigenvalue weighted by Gasteiger charge is 2.21. The van der Waals surface area contributed by atoms with Crippen LogP contribution in [0.25, 0.3) is 27.1 Å². The predicted molar refractivity (Wildman–Crippen MR) is 127 cm³/mol. The molecule has 6 nitrogen and oxygen atoms in total. The minimum atomic E-state index is 0. The highest BCUT2D eigenvalue weighted by molar-refractivity contribution is 7.22. The third-order valence-corrected chi connectivity index (χ3v) is 6.95. The van der Waals surface area contributed by atoms with Crippen molar-refractivity contribution in [2.75, 3.05) is 25.0 Å². The van der Waals surface area contributed by atoms with Crippen LogP contribution in [0.4, 0.5) is 5.13 Å². The molecule has 3 aromatic heterocycles. The average molecular weight is 423 g/mol. The smallest absolute Gasteiger partial charge is 0.186 e. The molecule has 0 atom stereocenters. The summed E-state index contributed by atoms with van der Waals surface area (Å²) in [7, 11) is 2.18. The zero-order valence-electron chi connectivity index (χ0n) is 17.4. The second-order valence-corrected chi connectivity index (χ2v) is 9.10. The van der Waals surface area contributed by atoms with E-state index < -0.39 is 0 Å². The molecule has 1 aliphatic heterocycles. The first kappa shape index (κ1) is 20.8. The van der Waals surface area contributed by atoms with Crippen LogP contribution in [-0.4, -0.2) is 45.8 Å². The Morgan fingerprint density at radius 3 is 2.60 bits per heavy atom. The molecule has 0 radical (unpaired) electrons. The van der Waals surface area contributed by atoms with Crippen LogP contribution in [-0.2, 0) is 0 Å². The highest BCUT2D eigenvalue weighted by Crippen LogP contribution is 2.35. The van der Waals surface area contributed by atoms with Gasteiger partial charge in [0.05, 0.1) is 27.8 Å². The molecule has 7 heteroatoms. The molecular weight excluding hydrogens is 392 g/mol. The van der Waals surface area contributed by atoms with Crippen molar-refractivity contribution in [3.8, 4) is 11.3 Å². The van der Waals surface area contributed by atoms with E-state index in [1.54, 1.807) is 11.3 Å². The topological polar surface area (TPSA) is 58.4 Å². The van der Waals surface area contributed by atoms with Crippen LogP contribution in [0.3, 0.4) is 0 Å². The molecule has 5 rings (SSSR count). The largest absolute Gasteiger partial charge is 0.348 e. The van der Waals surface area contributed by atoms with Gasteiger partial charge in [0.15, 0.2) is 10.8 Å². The Balaban J connectivity index is 0.00000218. The fraction of sp³-hybridized carbons (Fsp3) is 0.435. The predicted octanol–water partition coefficient (Wildman–Crippen LogP) is 4.76. The lowest BCUT2D eigenvalue weighted by molar-refractivity contribution is 0.443. The molecule has 1 saturated heterocycles. The molecule has 0 bridgehead atoms. The summed E-state index contributed by atoms with van der Waals surface area (Å²) in [6, 6.07) is 7.13. The number of fused-ring (bicyclic) bond motifs is 2. The van der Waals surface area contributed by atoms with Crippen molar-refractivity contribution in [2.24, 2.45) is 0 Å². The van der Waals surface area contributed by atoms with Gasteiger partial charge in [-0.05, 0) is 76.0 Å². The fourth-order valence-electron chi connectivity index (χ4n) is 4.22. The van der Waals surface area contributed by atoms with Gasteiger partial charge in [-0.2, -0.15) is 5.10 Å². The molecule has 0 spiro atoms. The molecule has 0 saturated carbocycles. The number of hydrogen-bond donors (Lipinski definition) is 1. The summed E-state index contributed by atoms with van der Waals surface area (Å²) in [5, 5.41) is 9.36. The number of hydrogen-bond acceptors (Lipinski definition) is 6. The van der Waals surface area contributed by atoms with Gasteiger partial charge in [-0.25, -0.2) is 14.5 Å². The minimum absolute atomic E-state index is 0. The monoisotopic (exact) mass is 422 g/mol. The van der Waals surface area contributed by atoms with Crippen molar-refractivity contribution in [3.05, 3.63) is 41.2 Å². The third-order valence-electron chi connectivity index (χ3n) is 5.86. The third kappa shape index (κ3) is 3.56. The number of benzene rings is 1. The van der Waals surface area contributed by atoms with Crippen molar-refractivity contribution in [1.82, 2.24) is 24.9 Å². The molecule has 1 N–H and O–H groups in total. The normalized spacial score (nSPS) is 14.9. The van der Waals surface area contributed by atoms with Gasteiger partial charge in [-0.1, -0.05) is 18.8 Å². The lowest BCUT2D eigenvalue weighted by atomic mass is 10.1. The molecule has 158 valence electrons. The second-order valence-electron chi connectivity index (χ2n) is 8.09. The summed E-state index contributed by atoms with van der Waals surface area (Å²) in [5.74, 6) is 0. The van der Waals surface area contributed by atoms with Crippen LogP contribution in [0, 0.1) is 20.8 Å². The van der Waals surface area contributed by atoms with E-state index in [1.165, 1.54) is 23.1 Å². The number of imidazole rings is 1. The van der Waals surface area contributed by atoms with Crippen molar-refractivity contribution in [3.63, 3.8) is 0 Å². The summed E-state index contributed by atoms with van der Waals surface area (Å²) in [6.45, 7) is 8.42. The summed E-state index contributed by atoms with van der Waals surface area (Å²) in [4.78, 5) is 11.9. The summed E-state index contributed by atoms with van der Waals surface area (Å²) < 4.78 is 3.11. The first-order valence-corrected chi connectivity index (χ1v) is 11.0. The van der Waals surface area contributed by atoms with Crippen LogP contribution in [0.5, 0.6) is 0 Å². The fourth-order valence-corrected chi connectivity index (χ4v) is 5.34. The van der Waals surface area contributed by atoms with Gasteiger partial charge in [0.25, 0.3) is 0 Å². The van der Waals surface area contributed by atoms with Crippen LogP contribution in [0.2, 0.25) is 0 Å². The lowest BCUT2D eigenvalue weighted by Gasteiger charge is -2.31. The van der Waals surface area contributed by atoms with Gasteiger partial charge in [0, 0.05) is 18.7 Å². The number of thiazole rings is 1. The van der Waals surface area contributed by atoms with E-state index in [-0.39, 0.29) is 7.43 Å². The maximum Gasteiger partial charge on any atom is 0.186 e. The van der Waals surface area contributed by atoms with Crippen LogP contribution in [0.15, 0.2) is 24.4 Å². The number of anilines is 1. The lowest BCUT2D eigenvalue weighted by Crippen LogP contribution is -2.41. The van der Waals surface area contributed by atoms with Gasteiger partial charge in [0.2, 0.25) is 0 Å².